The normalized spacial score (nSPS) is 16.9. The number of hydrogen-bond acceptors (Lipinski definition) is 4. The smallest absolute Gasteiger partial charge is 0.236 e. The maximum absolute atomic E-state index is 13.6. The van der Waals surface area contributed by atoms with Gasteiger partial charge in [-0.25, -0.2) is 8.78 Å². The first kappa shape index (κ1) is 16.8. The molecule has 1 aromatic carbocycles. The number of halogens is 2. The standard InChI is InChI=1S/C15H20F2N2O3/c1-18(10-15(21)19-4-6-22-7-5-19)9-14(20)12-3-2-11(16)8-13(12)17/h2-3,8,14,20H,4-7,9-10H2,1H3. The summed E-state index contributed by atoms with van der Waals surface area (Å²) < 4.78 is 31.6. The summed E-state index contributed by atoms with van der Waals surface area (Å²) in [5, 5.41) is 10.0. The largest absolute Gasteiger partial charge is 0.387 e. The van der Waals surface area contributed by atoms with E-state index in [1.807, 2.05) is 0 Å². The molecular formula is C15H20F2N2O3. The van der Waals surface area contributed by atoms with Crippen LogP contribution in [0.5, 0.6) is 0 Å². The molecule has 2 rings (SSSR count). The van der Waals surface area contributed by atoms with Crippen molar-refractivity contribution < 1.29 is 23.4 Å². The summed E-state index contributed by atoms with van der Waals surface area (Å²) >= 11 is 0. The van der Waals surface area contributed by atoms with Crippen LogP contribution in [0.15, 0.2) is 18.2 Å². The first-order valence-corrected chi connectivity index (χ1v) is 7.14. The molecule has 1 aliphatic heterocycles. The maximum Gasteiger partial charge on any atom is 0.236 e. The molecule has 1 N–H and O–H groups in total. The van der Waals surface area contributed by atoms with E-state index in [4.69, 9.17) is 4.74 Å². The summed E-state index contributed by atoms with van der Waals surface area (Å²) in [7, 11) is 1.67. The number of morpholine rings is 1. The Labute approximate surface area is 128 Å². The predicted molar refractivity (Wildman–Crippen MR) is 76.2 cm³/mol. The minimum atomic E-state index is -1.12. The zero-order valence-corrected chi connectivity index (χ0v) is 12.5. The summed E-state index contributed by atoms with van der Waals surface area (Å²) in [6, 6.07) is 3.05. The number of likely N-dealkylation sites (N-methyl/N-ethyl adjacent to an activating group) is 1. The molecule has 1 unspecified atom stereocenters. The second-order valence-corrected chi connectivity index (χ2v) is 5.37. The fourth-order valence-electron chi connectivity index (χ4n) is 2.37. The van der Waals surface area contributed by atoms with Gasteiger partial charge in [0.1, 0.15) is 11.6 Å². The van der Waals surface area contributed by atoms with E-state index in [-0.39, 0.29) is 24.6 Å². The fourth-order valence-corrected chi connectivity index (χ4v) is 2.37. The molecule has 0 bridgehead atoms. The van der Waals surface area contributed by atoms with E-state index in [0.717, 1.165) is 12.1 Å². The van der Waals surface area contributed by atoms with Crippen LogP contribution in [0.2, 0.25) is 0 Å². The molecule has 7 heteroatoms. The van der Waals surface area contributed by atoms with Crippen molar-refractivity contribution in [1.29, 1.82) is 0 Å². The Morgan fingerprint density at radius 3 is 2.73 bits per heavy atom. The Morgan fingerprint density at radius 1 is 1.41 bits per heavy atom. The molecule has 0 radical (unpaired) electrons. The molecule has 1 aromatic rings. The summed E-state index contributed by atoms with van der Waals surface area (Å²) in [5.41, 5.74) is 0.0204. The molecule has 1 aliphatic rings. The number of ether oxygens (including phenoxy) is 1. The summed E-state index contributed by atoms with van der Waals surface area (Å²) in [4.78, 5) is 15.4. The molecule has 1 saturated heterocycles. The highest BCUT2D eigenvalue weighted by Gasteiger charge is 2.21. The Kier molecular flexibility index (Phi) is 5.82. The molecule has 0 saturated carbocycles. The topological polar surface area (TPSA) is 53.0 Å². The Bertz CT molecular complexity index is 522. The van der Waals surface area contributed by atoms with Crippen molar-refractivity contribution in [2.24, 2.45) is 0 Å². The molecule has 0 aliphatic carbocycles. The minimum absolute atomic E-state index is 0.0204. The van der Waals surface area contributed by atoms with Gasteiger partial charge in [-0.05, 0) is 13.1 Å². The SMILES string of the molecule is CN(CC(=O)N1CCOCC1)CC(O)c1ccc(F)cc1F. The van der Waals surface area contributed by atoms with Crippen molar-refractivity contribution in [1.82, 2.24) is 9.80 Å². The number of carbonyl (C=O) groups is 1. The van der Waals surface area contributed by atoms with Gasteiger partial charge in [0.25, 0.3) is 0 Å². The van der Waals surface area contributed by atoms with Crippen molar-refractivity contribution in [2.45, 2.75) is 6.10 Å². The van der Waals surface area contributed by atoms with Crippen LogP contribution in [0.25, 0.3) is 0 Å². The first-order chi connectivity index (χ1) is 10.5. The van der Waals surface area contributed by atoms with E-state index in [1.54, 1.807) is 16.8 Å². The average molecular weight is 314 g/mol. The molecule has 1 fully saturated rings. The third kappa shape index (κ3) is 4.46. The van der Waals surface area contributed by atoms with E-state index in [9.17, 15) is 18.7 Å². The minimum Gasteiger partial charge on any atom is -0.387 e. The van der Waals surface area contributed by atoms with E-state index in [0.29, 0.717) is 26.3 Å². The quantitative estimate of drug-likeness (QED) is 0.873. The molecule has 122 valence electrons. The van der Waals surface area contributed by atoms with E-state index < -0.39 is 17.7 Å². The number of aliphatic hydroxyl groups excluding tert-OH is 1. The highest BCUT2D eigenvalue weighted by atomic mass is 19.1. The van der Waals surface area contributed by atoms with Crippen molar-refractivity contribution in [2.75, 3.05) is 46.4 Å². The van der Waals surface area contributed by atoms with Gasteiger partial charge in [0, 0.05) is 31.3 Å². The number of hydrogen-bond donors (Lipinski definition) is 1. The third-order valence-electron chi connectivity index (χ3n) is 3.58. The third-order valence-corrected chi connectivity index (χ3v) is 3.58. The van der Waals surface area contributed by atoms with Gasteiger partial charge < -0.3 is 14.7 Å². The van der Waals surface area contributed by atoms with Gasteiger partial charge >= 0.3 is 0 Å². The Hall–Kier alpha value is -1.57. The second-order valence-electron chi connectivity index (χ2n) is 5.37. The Balaban J connectivity index is 1.87. The summed E-state index contributed by atoms with van der Waals surface area (Å²) in [5.74, 6) is -1.54. The summed E-state index contributed by atoms with van der Waals surface area (Å²) in [6.45, 7) is 2.37. The van der Waals surface area contributed by atoms with E-state index >= 15 is 0 Å². The fraction of sp³-hybridized carbons (Fsp3) is 0.533. The molecule has 0 aromatic heterocycles. The first-order valence-electron chi connectivity index (χ1n) is 7.14. The zero-order chi connectivity index (χ0) is 16.1. The second kappa shape index (κ2) is 7.62. The van der Waals surface area contributed by atoms with Crippen LogP contribution in [0.3, 0.4) is 0 Å². The van der Waals surface area contributed by atoms with Gasteiger partial charge in [-0.1, -0.05) is 6.07 Å². The highest BCUT2D eigenvalue weighted by Crippen LogP contribution is 2.18. The molecule has 22 heavy (non-hydrogen) atoms. The van der Waals surface area contributed by atoms with Gasteiger partial charge in [-0.3, -0.25) is 9.69 Å². The molecule has 1 amide bonds. The average Bonchev–Trinajstić information content (AvgIpc) is 2.47. The van der Waals surface area contributed by atoms with Crippen LogP contribution in [0, 0.1) is 11.6 Å². The van der Waals surface area contributed by atoms with Gasteiger partial charge in [-0.15, -0.1) is 0 Å². The van der Waals surface area contributed by atoms with Gasteiger partial charge in [-0.2, -0.15) is 0 Å². The van der Waals surface area contributed by atoms with Crippen molar-refractivity contribution in [3.63, 3.8) is 0 Å². The monoisotopic (exact) mass is 314 g/mol. The van der Waals surface area contributed by atoms with Crippen LogP contribution in [0.1, 0.15) is 11.7 Å². The Morgan fingerprint density at radius 2 is 2.09 bits per heavy atom. The van der Waals surface area contributed by atoms with Gasteiger partial charge in [0.05, 0.1) is 25.9 Å². The number of nitrogens with zero attached hydrogens (tertiary/aromatic N) is 2. The molecule has 1 atom stereocenters. The van der Waals surface area contributed by atoms with Crippen LogP contribution in [-0.4, -0.2) is 67.3 Å². The lowest BCUT2D eigenvalue weighted by Crippen LogP contribution is -2.45. The lowest BCUT2D eigenvalue weighted by molar-refractivity contribution is -0.136. The highest BCUT2D eigenvalue weighted by molar-refractivity contribution is 5.78. The van der Waals surface area contributed by atoms with E-state index in [2.05, 4.69) is 0 Å². The lowest BCUT2D eigenvalue weighted by Gasteiger charge is -2.29. The van der Waals surface area contributed by atoms with Crippen LogP contribution in [-0.2, 0) is 9.53 Å². The van der Waals surface area contributed by atoms with Gasteiger partial charge in [0.15, 0.2) is 0 Å². The number of amides is 1. The number of aliphatic hydroxyl groups is 1. The van der Waals surface area contributed by atoms with E-state index in [1.165, 1.54) is 6.07 Å². The molecule has 0 spiro atoms. The van der Waals surface area contributed by atoms with Crippen molar-refractivity contribution >= 4 is 5.91 Å². The molecule has 1 heterocycles. The number of carbonyl (C=O) groups excluding carboxylic acids is 1. The number of rotatable bonds is 5. The van der Waals surface area contributed by atoms with Crippen LogP contribution in [0.4, 0.5) is 8.78 Å². The van der Waals surface area contributed by atoms with Crippen molar-refractivity contribution in [3.05, 3.63) is 35.4 Å². The van der Waals surface area contributed by atoms with Crippen molar-refractivity contribution in [3.8, 4) is 0 Å². The summed E-state index contributed by atoms with van der Waals surface area (Å²) in [6.07, 6.45) is -1.12. The lowest BCUT2D eigenvalue weighted by atomic mass is 10.1. The maximum atomic E-state index is 13.6. The van der Waals surface area contributed by atoms with Crippen LogP contribution >= 0.6 is 0 Å². The molecule has 5 nitrogen and oxygen atoms in total. The number of benzene rings is 1. The van der Waals surface area contributed by atoms with Gasteiger partial charge in [0.2, 0.25) is 5.91 Å². The van der Waals surface area contributed by atoms with Crippen LogP contribution < -0.4 is 0 Å². The zero-order valence-electron chi connectivity index (χ0n) is 12.5. The molecular weight excluding hydrogens is 294 g/mol. The predicted octanol–water partition coefficient (Wildman–Crippen LogP) is 0.789.